The lowest BCUT2D eigenvalue weighted by Crippen LogP contribution is -1.87. The second-order valence-electron chi connectivity index (χ2n) is 2.35. The molecule has 0 saturated carbocycles. The van der Waals surface area contributed by atoms with Crippen molar-refractivity contribution in [3.05, 3.63) is 47.0 Å². The van der Waals surface area contributed by atoms with E-state index in [1.54, 1.807) is 12.1 Å². The molecule has 0 heterocycles. The molecule has 0 bridgehead atoms. The standard InChI is InChI=1S/C9H8O3S/c10-13(11,12)8-4-7-9-5-2-1-3-6-9/h1-3,5-8H,(H,10,11,12). The average Bonchev–Trinajstić information content (AvgIpc) is 2.04. The molecule has 1 aromatic rings. The molecule has 0 saturated heterocycles. The summed E-state index contributed by atoms with van der Waals surface area (Å²) in [5, 5.41) is 0.611. The van der Waals surface area contributed by atoms with Crippen LogP contribution in [0.3, 0.4) is 0 Å². The number of benzene rings is 1. The number of hydrogen-bond acceptors (Lipinski definition) is 2. The molecular weight excluding hydrogens is 188 g/mol. The first-order chi connectivity index (χ1) is 6.08. The molecule has 0 fully saturated rings. The maximum atomic E-state index is 10.2. The van der Waals surface area contributed by atoms with Gasteiger partial charge in [-0.05, 0) is 11.6 Å². The van der Waals surface area contributed by atoms with E-state index in [0.717, 1.165) is 5.56 Å². The lowest BCUT2D eigenvalue weighted by Gasteiger charge is -1.86. The molecule has 0 aliphatic carbocycles. The van der Waals surface area contributed by atoms with Crippen LogP contribution in [0.1, 0.15) is 5.56 Å². The highest BCUT2D eigenvalue weighted by atomic mass is 32.2. The SMILES string of the molecule is O=S(=O)(O)C=C=Cc1ccccc1. The first-order valence-corrected chi connectivity index (χ1v) is 5.03. The third kappa shape index (κ3) is 4.28. The van der Waals surface area contributed by atoms with Gasteiger partial charge in [-0.15, -0.1) is 5.73 Å². The summed E-state index contributed by atoms with van der Waals surface area (Å²) < 4.78 is 28.8. The average molecular weight is 196 g/mol. The Bertz CT molecular complexity index is 425. The monoisotopic (exact) mass is 196 g/mol. The second kappa shape index (κ2) is 4.05. The largest absolute Gasteiger partial charge is 0.294 e. The summed E-state index contributed by atoms with van der Waals surface area (Å²) in [6.07, 6.45) is 1.47. The van der Waals surface area contributed by atoms with Crippen molar-refractivity contribution in [2.75, 3.05) is 0 Å². The fraction of sp³-hybridized carbons (Fsp3) is 0. The van der Waals surface area contributed by atoms with Gasteiger partial charge in [-0.2, -0.15) is 8.42 Å². The van der Waals surface area contributed by atoms with Crippen LogP contribution in [0.5, 0.6) is 0 Å². The van der Waals surface area contributed by atoms with Gasteiger partial charge in [0.2, 0.25) is 0 Å². The Morgan fingerprint density at radius 3 is 2.38 bits per heavy atom. The Labute approximate surface area is 76.8 Å². The predicted molar refractivity (Wildman–Crippen MR) is 50.5 cm³/mol. The van der Waals surface area contributed by atoms with Crippen molar-refractivity contribution in [2.45, 2.75) is 0 Å². The van der Waals surface area contributed by atoms with E-state index in [2.05, 4.69) is 5.73 Å². The summed E-state index contributed by atoms with van der Waals surface area (Å²) in [5.41, 5.74) is 3.18. The maximum absolute atomic E-state index is 10.2. The van der Waals surface area contributed by atoms with Crippen molar-refractivity contribution in [1.82, 2.24) is 0 Å². The topological polar surface area (TPSA) is 54.4 Å². The van der Waals surface area contributed by atoms with Crippen LogP contribution in [0.4, 0.5) is 0 Å². The number of rotatable bonds is 2. The molecule has 4 heteroatoms. The van der Waals surface area contributed by atoms with Crippen molar-refractivity contribution in [2.24, 2.45) is 0 Å². The van der Waals surface area contributed by atoms with E-state index in [1.165, 1.54) is 6.08 Å². The smallest absolute Gasteiger partial charge is 0.282 e. The van der Waals surface area contributed by atoms with Crippen LogP contribution in [0.2, 0.25) is 0 Å². The Hall–Kier alpha value is -1.35. The summed E-state index contributed by atoms with van der Waals surface area (Å²) in [6, 6.07) is 9.08. The van der Waals surface area contributed by atoms with E-state index in [4.69, 9.17) is 4.55 Å². The minimum atomic E-state index is -4.06. The highest BCUT2D eigenvalue weighted by molar-refractivity contribution is 7.88. The van der Waals surface area contributed by atoms with Gasteiger partial charge in [-0.25, -0.2) is 0 Å². The van der Waals surface area contributed by atoms with E-state index >= 15 is 0 Å². The Morgan fingerprint density at radius 1 is 1.23 bits per heavy atom. The highest BCUT2D eigenvalue weighted by Crippen LogP contribution is 1.99. The zero-order valence-corrected chi connectivity index (χ0v) is 7.53. The minimum absolute atomic E-state index is 0.611. The van der Waals surface area contributed by atoms with Gasteiger partial charge in [0, 0.05) is 0 Å². The summed E-state index contributed by atoms with van der Waals surface area (Å²) in [6.45, 7) is 0. The Morgan fingerprint density at radius 2 is 1.85 bits per heavy atom. The van der Waals surface area contributed by atoms with Crippen LogP contribution in [0.25, 0.3) is 6.08 Å². The van der Waals surface area contributed by atoms with Crippen LogP contribution < -0.4 is 0 Å². The van der Waals surface area contributed by atoms with Gasteiger partial charge in [-0.1, -0.05) is 30.3 Å². The molecule has 0 amide bonds. The van der Waals surface area contributed by atoms with E-state index in [9.17, 15) is 8.42 Å². The van der Waals surface area contributed by atoms with Crippen molar-refractivity contribution in [3.63, 3.8) is 0 Å². The van der Waals surface area contributed by atoms with Crippen molar-refractivity contribution < 1.29 is 13.0 Å². The zero-order chi connectivity index (χ0) is 9.73. The molecule has 13 heavy (non-hydrogen) atoms. The maximum Gasteiger partial charge on any atom is 0.294 e. The van der Waals surface area contributed by atoms with Crippen molar-refractivity contribution in [1.29, 1.82) is 0 Å². The third-order valence-corrected chi connectivity index (χ3v) is 1.70. The molecule has 0 aliphatic rings. The molecule has 0 spiro atoms. The summed E-state index contributed by atoms with van der Waals surface area (Å²) in [7, 11) is -4.06. The fourth-order valence-electron chi connectivity index (χ4n) is 0.765. The number of hydrogen-bond donors (Lipinski definition) is 1. The minimum Gasteiger partial charge on any atom is -0.282 e. The molecule has 68 valence electrons. The third-order valence-electron chi connectivity index (χ3n) is 1.27. The quantitative estimate of drug-likeness (QED) is 0.578. The Kier molecular flexibility index (Phi) is 3.03. The highest BCUT2D eigenvalue weighted by Gasteiger charge is 1.91. The molecule has 0 aliphatic heterocycles. The molecule has 0 radical (unpaired) electrons. The fourth-order valence-corrected chi connectivity index (χ4v) is 1.01. The molecule has 0 atom stereocenters. The molecule has 0 unspecified atom stereocenters. The lowest BCUT2D eigenvalue weighted by atomic mass is 10.2. The summed E-state index contributed by atoms with van der Waals surface area (Å²) in [4.78, 5) is 0. The first kappa shape index (κ1) is 9.74. The van der Waals surface area contributed by atoms with Gasteiger partial charge in [-0.3, -0.25) is 4.55 Å². The molecule has 1 N–H and O–H groups in total. The molecular formula is C9H8O3S. The first-order valence-electron chi connectivity index (χ1n) is 3.53. The van der Waals surface area contributed by atoms with E-state index in [-0.39, 0.29) is 0 Å². The lowest BCUT2D eigenvalue weighted by molar-refractivity contribution is 0.494. The van der Waals surface area contributed by atoms with Crippen LogP contribution in [-0.4, -0.2) is 13.0 Å². The van der Waals surface area contributed by atoms with Crippen LogP contribution >= 0.6 is 0 Å². The van der Waals surface area contributed by atoms with Crippen LogP contribution in [0.15, 0.2) is 41.5 Å². The van der Waals surface area contributed by atoms with Gasteiger partial charge >= 0.3 is 0 Å². The normalized spacial score (nSPS) is 10.2. The van der Waals surface area contributed by atoms with Gasteiger partial charge in [0.15, 0.2) is 0 Å². The van der Waals surface area contributed by atoms with E-state index in [1.807, 2.05) is 18.2 Å². The zero-order valence-electron chi connectivity index (χ0n) is 6.71. The van der Waals surface area contributed by atoms with Crippen molar-refractivity contribution in [3.8, 4) is 0 Å². The Balaban J connectivity index is 2.88. The molecule has 1 rings (SSSR count). The van der Waals surface area contributed by atoms with Gasteiger partial charge in [0.05, 0.1) is 5.41 Å². The van der Waals surface area contributed by atoms with E-state index < -0.39 is 10.1 Å². The van der Waals surface area contributed by atoms with Gasteiger partial charge in [0.1, 0.15) is 0 Å². The summed E-state index contributed by atoms with van der Waals surface area (Å²) >= 11 is 0. The predicted octanol–water partition coefficient (Wildman–Crippen LogP) is 1.70. The molecule has 0 aromatic heterocycles. The van der Waals surface area contributed by atoms with E-state index in [0.29, 0.717) is 5.41 Å². The van der Waals surface area contributed by atoms with Gasteiger partial charge in [0.25, 0.3) is 10.1 Å². The molecule has 1 aromatic carbocycles. The van der Waals surface area contributed by atoms with Crippen molar-refractivity contribution >= 4 is 16.2 Å². The second-order valence-corrected chi connectivity index (χ2v) is 3.62. The van der Waals surface area contributed by atoms with Crippen LogP contribution in [0, 0.1) is 0 Å². The summed E-state index contributed by atoms with van der Waals surface area (Å²) in [5.74, 6) is 0. The van der Waals surface area contributed by atoms with Gasteiger partial charge < -0.3 is 0 Å². The molecule has 3 nitrogen and oxygen atoms in total. The van der Waals surface area contributed by atoms with Crippen LogP contribution in [-0.2, 0) is 10.1 Å².